The number of amides is 1. The highest BCUT2D eigenvalue weighted by Crippen LogP contribution is 2.38. The first-order chi connectivity index (χ1) is 16.0. The van der Waals surface area contributed by atoms with Gasteiger partial charge >= 0.3 is 0 Å². The number of nitrogens with one attached hydrogen (secondary N) is 1. The number of aromatic nitrogens is 1. The molecule has 0 bridgehead atoms. The molecule has 1 aliphatic carbocycles. The number of nitrogens with two attached hydrogens (primary N) is 1. The zero-order chi connectivity index (χ0) is 25.0. The third-order valence-corrected chi connectivity index (χ3v) is 7.55. The number of hydrogen-bond donors (Lipinski definition) is 2. The normalized spacial score (nSPS) is 19.2. The summed E-state index contributed by atoms with van der Waals surface area (Å²) in [7, 11) is -0.327. The Morgan fingerprint density at radius 2 is 1.85 bits per heavy atom. The fourth-order valence-corrected chi connectivity index (χ4v) is 4.23. The van der Waals surface area contributed by atoms with E-state index in [1.54, 1.807) is 6.07 Å². The second kappa shape index (κ2) is 10.7. The van der Waals surface area contributed by atoms with E-state index < -0.39 is 34.7 Å². The maximum Gasteiger partial charge on any atom is 0.251 e. The van der Waals surface area contributed by atoms with E-state index in [1.165, 1.54) is 13.1 Å². The van der Waals surface area contributed by atoms with E-state index in [0.29, 0.717) is 24.1 Å². The third kappa shape index (κ3) is 6.66. The van der Waals surface area contributed by atoms with Crippen molar-refractivity contribution in [3.8, 4) is 0 Å². The number of rotatable bonds is 11. The summed E-state index contributed by atoms with van der Waals surface area (Å²) in [5.41, 5.74) is 7.13. The van der Waals surface area contributed by atoms with Crippen LogP contribution >= 0.6 is 0 Å². The van der Waals surface area contributed by atoms with Gasteiger partial charge in [-0.25, -0.2) is 17.8 Å². The predicted molar refractivity (Wildman–Crippen MR) is 133 cm³/mol. The maximum absolute atomic E-state index is 13.5. The molecule has 0 spiro atoms. The number of carbonyl (C=O) groups excluding carboxylic acids is 1. The minimum atomic E-state index is -3.59. The number of hydrogen-bond acceptors (Lipinski definition) is 6. The van der Waals surface area contributed by atoms with Crippen molar-refractivity contribution in [1.82, 2.24) is 10.3 Å². The zero-order valence-electron chi connectivity index (χ0n) is 20.1. The van der Waals surface area contributed by atoms with Gasteiger partial charge in [0.25, 0.3) is 5.91 Å². The van der Waals surface area contributed by atoms with Crippen molar-refractivity contribution in [2.45, 2.75) is 31.8 Å². The maximum atomic E-state index is 13.5. The lowest BCUT2D eigenvalue weighted by Crippen LogP contribution is -2.50. The van der Waals surface area contributed by atoms with Crippen molar-refractivity contribution < 1.29 is 17.6 Å². The highest BCUT2D eigenvalue weighted by molar-refractivity contribution is 7.92. The molecule has 0 radical (unpaired) electrons. The van der Waals surface area contributed by atoms with E-state index in [0.717, 1.165) is 29.1 Å². The molecule has 3 N–H and O–H groups in total. The highest BCUT2D eigenvalue weighted by Gasteiger charge is 2.34. The van der Waals surface area contributed by atoms with E-state index in [9.17, 15) is 17.6 Å². The van der Waals surface area contributed by atoms with Crippen molar-refractivity contribution in [3.05, 3.63) is 53.6 Å². The van der Waals surface area contributed by atoms with Crippen molar-refractivity contribution in [2.75, 3.05) is 42.8 Å². The Balaban J connectivity index is 1.89. The quantitative estimate of drug-likeness (QED) is 0.499. The highest BCUT2D eigenvalue weighted by atomic mass is 32.2. The standard InChI is InChI=1S/C24H34FN5O3S/c1-16-10-19(16)15-29(2)22-12-18(13-23(28-22)30(3)34(4,32)33)24(31)27-21(20(26)14-25)11-17-8-6-5-7-9-17/h5-9,12-13,16,19-21H,10-11,14-15,26H2,1-4H3,(H,27,31)/t16?,19?,20-,21-/m0/s1. The van der Waals surface area contributed by atoms with Gasteiger partial charge in [-0.3, -0.25) is 9.10 Å². The van der Waals surface area contributed by atoms with Gasteiger partial charge in [0.2, 0.25) is 10.0 Å². The lowest BCUT2D eigenvalue weighted by molar-refractivity contribution is 0.0928. The van der Waals surface area contributed by atoms with Gasteiger partial charge in [-0.05, 0) is 42.4 Å². The van der Waals surface area contributed by atoms with Gasteiger partial charge in [-0.1, -0.05) is 37.3 Å². The molecule has 1 aromatic heterocycles. The van der Waals surface area contributed by atoms with Crippen molar-refractivity contribution in [2.24, 2.45) is 17.6 Å². The second-order valence-corrected chi connectivity index (χ2v) is 11.3. The summed E-state index contributed by atoms with van der Waals surface area (Å²) in [6.45, 7) is 2.15. The van der Waals surface area contributed by atoms with Gasteiger partial charge < -0.3 is 16.0 Å². The average Bonchev–Trinajstić information content (AvgIpc) is 3.51. The fourth-order valence-electron chi connectivity index (χ4n) is 3.80. The Kier molecular flexibility index (Phi) is 8.14. The van der Waals surface area contributed by atoms with Crippen LogP contribution in [0.4, 0.5) is 16.0 Å². The monoisotopic (exact) mass is 491 g/mol. The summed E-state index contributed by atoms with van der Waals surface area (Å²) < 4.78 is 38.8. The first-order valence-electron chi connectivity index (χ1n) is 11.3. The second-order valence-electron chi connectivity index (χ2n) is 9.24. The topological polar surface area (TPSA) is 109 Å². The Morgan fingerprint density at radius 3 is 2.41 bits per heavy atom. The van der Waals surface area contributed by atoms with E-state index in [2.05, 4.69) is 17.2 Å². The number of nitrogens with zero attached hydrogens (tertiary/aromatic N) is 3. The van der Waals surface area contributed by atoms with Crippen LogP contribution in [0.5, 0.6) is 0 Å². The number of benzene rings is 1. The minimum absolute atomic E-state index is 0.134. The number of sulfonamides is 1. The number of anilines is 2. The summed E-state index contributed by atoms with van der Waals surface area (Å²) in [6, 6.07) is 10.9. The Bertz CT molecular complexity index is 1100. The minimum Gasteiger partial charge on any atom is -0.359 e. The van der Waals surface area contributed by atoms with Crippen LogP contribution in [0.3, 0.4) is 0 Å². The van der Waals surface area contributed by atoms with Crippen LogP contribution in [0, 0.1) is 11.8 Å². The molecule has 0 aliphatic heterocycles. The summed E-state index contributed by atoms with van der Waals surface area (Å²) in [5, 5.41) is 2.85. The van der Waals surface area contributed by atoms with E-state index >= 15 is 0 Å². The molecule has 8 nitrogen and oxygen atoms in total. The summed E-state index contributed by atoms with van der Waals surface area (Å²) in [5.74, 6) is 1.33. The zero-order valence-corrected chi connectivity index (χ0v) is 20.9. The van der Waals surface area contributed by atoms with Crippen molar-refractivity contribution >= 4 is 27.6 Å². The Labute approximate surface area is 201 Å². The molecule has 2 aromatic rings. The van der Waals surface area contributed by atoms with Crippen LogP contribution in [0.15, 0.2) is 42.5 Å². The molecule has 1 aliphatic rings. The molecule has 1 amide bonds. The van der Waals surface area contributed by atoms with Crippen LogP contribution in [0.2, 0.25) is 0 Å². The van der Waals surface area contributed by atoms with Gasteiger partial charge in [-0.2, -0.15) is 0 Å². The smallest absolute Gasteiger partial charge is 0.251 e. The van der Waals surface area contributed by atoms with Crippen LogP contribution in [-0.4, -0.2) is 65.0 Å². The molecule has 186 valence electrons. The Hall–Kier alpha value is -2.72. The van der Waals surface area contributed by atoms with Gasteiger partial charge in [0.1, 0.15) is 18.3 Å². The fraction of sp³-hybridized carbons (Fsp3) is 0.500. The molecule has 3 rings (SSSR count). The number of alkyl halides is 1. The predicted octanol–water partition coefficient (Wildman–Crippen LogP) is 2.21. The lowest BCUT2D eigenvalue weighted by Gasteiger charge is -2.25. The number of halogens is 1. The van der Waals surface area contributed by atoms with Crippen LogP contribution in [0.1, 0.15) is 29.3 Å². The molecule has 10 heteroatoms. The SMILES string of the molecule is CC1CC1CN(C)c1cc(C(=O)N[C@@H](Cc2ccccc2)[C@@H](N)CF)cc(N(C)S(C)(=O)=O)n1. The first-order valence-corrected chi connectivity index (χ1v) is 13.2. The van der Waals surface area contributed by atoms with Gasteiger partial charge in [-0.15, -0.1) is 0 Å². The molecule has 1 fully saturated rings. The molecule has 1 aromatic carbocycles. The van der Waals surface area contributed by atoms with Crippen LogP contribution in [0.25, 0.3) is 0 Å². The molecule has 1 saturated carbocycles. The molecule has 2 unspecified atom stereocenters. The van der Waals surface area contributed by atoms with E-state index in [4.69, 9.17) is 5.73 Å². The summed E-state index contributed by atoms with van der Waals surface area (Å²) in [4.78, 5) is 19.7. The third-order valence-electron chi connectivity index (χ3n) is 6.37. The van der Waals surface area contributed by atoms with Crippen molar-refractivity contribution in [1.29, 1.82) is 0 Å². The number of carbonyl (C=O) groups is 1. The molecule has 4 atom stereocenters. The molecule has 0 saturated heterocycles. The summed E-state index contributed by atoms with van der Waals surface area (Å²) in [6.07, 6.45) is 2.57. The average molecular weight is 492 g/mol. The van der Waals surface area contributed by atoms with E-state index in [1.807, 2.05) is 42.3 Å². The molecular formula is C24H34FN5O3S. The van der Waals surface area contributed by atoms with Crippen LogP contribution in [-0.2, 0) is 16.4 Å². The largest absolute Gasteiger partial charge is 0.359 e. The van der Waals surface area contributed by atoms with Crippen molar-refractivity contribution in [3.63, 3.8) is 0 Å². The van der Waals surface area contributed by atoms with Crippen LogP contribution < -0.4 is 20.3 Å². The van der Waals surface area contributed by atoms with E-state index in [-0.39, 0.29) is 11.4 Å². The number of pyridine rings is 1. The lowest BCUT2D eigenvalue weighted by atomic mass is 10.00. The van der Waals surface area contributed by atoms with Gasteiger partial charge in [0.05, 0.1) is 18.3 Å². The van der Waals surface area contributed by atoms with Gasteiger partial charge in [0.15, 0.2) is 0 Å². The molecule has 1 heterocycles. The van der Waals surface area contributed by atoms with Gasteiger partial charge in [0, 0.05) is 26.2 Å². The Morgan fingerprint density at radius 1 is 1.24 bits per heavy atom. The molecule has 34 heavy (non-hydrogen) atoms. The summed E-state index contributed by atoms with van der Waals surface area (Å²) >= 11 is 0. The first kappa shape index (κ1) is 25.9. The molecular weight excluding hydrogens is 457 g/mol.